The lowest BCUT2D eigenvalue weighted by molar-refractivity contribution is -0.160. The number of benzene rings is 1. The van der Waals surface area contributed by atoms with E-state index in [1.165, 1.54) is 11.3 Å². The first kappa shape index (κ1) is 16.6. The van der Waals surface area contributed by atoms with Crippen molar-refractivity contribution in [3.63, 3.8) is 0 Å². The molecule has 0 bridgehead atoms. The maximum absolute atomic E-state index is 12.7. The Morgan fingerprint density at radius 3 is 2.67 bits per heavy atom. The van der Waals surface area contributed by atoms with Crippen LogP contribution >= 0.6 is 11.3 Å². The second-order valence-corrected chi connectivity index (χ2v) is 6.94. The van der Waals surface area contributed by atoms with Crippen molar-refractivity contribution in [1.82, 2.24) is 9.88 Å². The third-order valence-electron chi connectivity index (χ3n) is 4.14. The number of nitrogens with zero attached hydrogens (tertiary/aromatic N) is 2. The van der Waals surface area contributed by atoms with Gasteiger partial charge in [-0.05, 0) is 19.4 Å². The first-order valence-corrected chi connectivity index (χ1v) is 8.46. The van der Waals surface area contributed by atoms with Crippen molar-refractivity contribution in [2.24, 2.45) is 0 Å². The minimum atomic E-state index is -0.778. The summed E-state index contributed by atoms with van der Waals surface area (Å²) < 4.78 is 5.57. The second-order valence-electron chi connectivity index (χ2n) is 5.74. The van der Waals surface area contributed by atoms with E-state index in [1.807, 2.05) is 44.2 Å². The van der Waals surface area contributed by atoms with Gasteiger partial charge in [-0.1, -0.05) is 30.3 Å². The quantitative estimate of drug-likeness (QED) is 0.926. The van der Waals surface area contributed by atoms with Crippen molar-refractivity contribution in [2.75, 3.05) is 19.0 Å². The molecule has 0 unspecified atom stereocenters. The van der Waals surface area contributed by atoms with Gasteiger partial charge in [0.2, 0.25) is 5.91 Å². The number of thiazole rings is 1. The molecule has 1 aromatic heterocycles. The molecule has 2 atom stereocenters. The standard InChI is InChI=1S/C17H19N3O3S/c1-10-11(2)24-17(18-10)19-16(22)15-14(12-7-5-4-6-8-12)20(3)13(21)9-23-15/h4-8,14-15H,9H2,1-3H3,(H,18,19,22)/t14-,15+/m0/s1. The number of nitrogens with one attached hydrogen (secondary N) is 1. The van der Waals surface area contributed by atoms with Crippen LogP contribution in [0.25, 0.3) is 0 Å². The average Bonchev–Trinajstić information content (AvgIpc) is 2.88. The molecule has 1 aliphatic heterocycles. The van der Waals surface area contributed by atoms with Crippen LogP contribution in [0.5, 0.6) is 0 Å². The topological polar surface area (TPSA) is 71.5 Å². The van der Waals surface area contributed by atoms with Crippen LogP contribution in [0.2, 0.25) is 0 Å². The van der Waals surface area contributed by atoms with Crippen LogP contribution in [0.1, 0.15) is 22.2 Å². The van der Waals surface area contributed by atoms with Crippen molar-refractivity contribution in [1.29, 1.82) is 0 Å². The Kier molecular flexibility index (Phi) is 4.64. The number of hydrogen-bond donors (Lipinski definition) is 1. The molecular formula is C17H19N3O3S. The summed E-state index contributed by atoms with van der Waals surface area (Å²) in [6, 6.07) is 8.97. The lowest BCUT2D eigenvalue weighted by Crippen LogP contribution is -2.51. The molecule has 1 fully saturated rings. The molecule has 7 heteroatoms. The molecule has 2 heterocycles. The van der Waals surface area contributed by atoms with Gasteiger partial charge in [-0.2, -0.15) is 0 Å². The van der Waals surface area contributed by atoms with E-state index in [0.717, 1.165) is 16.1 Å². The van der Waals surface area contributed by atoms with Gasteiger partial charge in [0.05, 0.1) is 11.7 Å². The summed E-state index contributed by atoms with van der Waals surface area (Å²) in [5.41, 5.74) is 1.76. The lowest BCUT2D eigenvalue weighted by atomic mass is 9.98. The number of carbonyl (C=O) groups is 2. The molecule has 3 rings (SSSR count). The van der Waals surface area contributed by atoms with Crippen LogP contribution < -0.4 is 5.32 Å². The van der Waals surface area contributed by atoms with E-state index in [9.17, 15) is 9.59 Å². The molecule has 0 radical (unpaired) electrons. The van der Waals surface area contributed by atoms with Gasteiger partial charge in [0.1, 0.15) is 6.61 Å². The van der Waals surface area contributed by atoms with Gasteiger partial charge in [0.15, 0.2) is 11.2 Å². The maximum Gasteiger partial charge on any atom is 0.257 e. The van der Waals surface area contributed by atoms with Gasteiger partial charge in [-0.15, -0.1) is 11.3 Å². The molecule has 0 aliphatic carbocycles. The summed E-state index contributed by atoms with van der Waals surface area (Å²) in [4.78, 5) is 31.7. The highest BCUT2D eigenvalue weighted by atomic mass is 32.1. The lowest BCUT2D eigenvalue weighted by Gasteiger charge is -2.38. The number of hydrogen-bond acceptors (Lipinski definition) is 5. The van der Waals surface area contributed by atoms with E-state index in [4.69, 9.17) is 4.74 Å². The minimum absolute atomic E-state index is 0.103. The smallest absolute Gasteiger partial charge is 0.257 e. The van der Waals surface area contributed by atoms with Crippen LogP contribution in [-0.2, 0) is 14.3 Å². The Labute approximate surface area is 144 Å². The fourth-order valence-electron chi connectivity index (χ4n) is 2.68. The number of carbonyl (C=O) groups excluding carboxylic acids is 2. The monoisotopic (exact) mass is 345 g/mol. The molecule has 6 nitrogen and oxygen atoms in total. The maximum atomic E-state index is 12.7. The highest BCUT2D eigenvalue weighted by molar-refractivity contribution is 7.15. The molecule has 1 aromatic carbocycles. The van der Waals surface area contributed by atoms with Gasteiger partial charge in [0, 0.05) is 11.9 Å². The third kappa shape index (κ3) is 3.18. The van der Waals surface area contributed by atoms with Crippen LogP contribution in [0.15, 0.2) is 30.3 Å². The zero-order valence-electron chi connectivity index (χ0n) is 13.8. The summed E-state index contributed by atoms with van der Waals surface area (Å²) in [7, 11) is 1.69. The number of morpholine rings is 1. The van der Waals surface area contributed by atoms with Gasteiger partial charge in [0.25, 0.3) is 5.91 Å². The highest BCUT2D eigenvalue weighted by Gasteiger charge is 2.40. The number of rotatable bonds is 3. The summed E-state index contributed by atoms with van der Waals surface area (Å²) in [6.07, 6.45) is -0.778. The Morgan fingerprint density at radius 2 is 2.04 bits per heavy atom. The molecule has 1 N–H and O–H groups in total. The number of ether oxygens (including phenoxy) is 1. The molecule has 1 aliphatic rings. The van der Waals surface area contributed by atoms with Crippen LogP contribution in [0, 0.1) is 13.8 Å². The summed E-state index contributed by atoms with van der Waals surface area (Å²) >= 11 is 1.43. The SMILES string of the molecule is Cc1nc(NC(=O)[C@@H]2OCC(=O)N(C)[C@H]2c2ccccc2)sc1C. The molecule has 0 spiro atoms. The second kappa shape index (κ2) is 6.70. The van der Waals surface area contributed by atoms with Crippen molar-refractivity contribution in [3.05, 3.63) is 46.5 Å². The predicted molar refractivity (Wildman–Crippen MR) is 91.9 cm³/mol. The van der Waals surface area contributed by atoms with Gasteiger partial charge in [-0.3, -0.25) is 14.9 Å². The molecular weight excluding hydrogens is 326 g/mol. The van der Waals surface area contributed by atoms with Gasteiger partial charge < -0.3 is 9.64 Å². The third-order valence-corrected chi connectivity index (χ3v) is 5.13. The van der Waals surface area contributed by atoms with Crippen molar-refractivity contribution in [2.45, 2.75) is 26.0 Å². The van der Waals surface area contributed by atoms with Crippen LogP contribution in [-0.4, -0.2) is 41.5 Å². The van der Waals surface area contributed by atoms with Crippen molar-refractivity contribution in [3.8, 4) is 0 Å². The van der Waals surface area contributed by atoms with E-state index >= 15 is 0 Å². The van der Waals surface area contributed by atoms with Crippen LogP contribution in [0.4, 0.5) is 5.13 Å². The average molecular weight is 345 g/mol. The van der Waals surface area contributed by atoms with E-state index < -0.39 is 12.1 Å². The predicted octanol–water partition coefficient (Wildman–Crippen LogP) is 2.30. The first-order chi connectivity index (χ1) is 11.5. The van der Waals surface area contributed by atoms with E-state index in [0.29, 0.717) is 5.13 Å². The summed E-state index contributed by atoms with van der Waals surface area (Å²) in [5.74, 6) is -0.439. The fourth-order valence-corrected chi connectivity index (χ4v) is 3.50. The number of aryl methyl sites for hydroxylation is 2. The van der Waals surface area contributed by atoms with E-state index in [1.54, 1.807) is 11.9 Å². The number of likely N-dealkylation sites (N-methyl/N-ethyl adjacent to an activating group) is 1. The summed E-state index contributed by atoms with van der Waals surface area (Å²) in [5, 5.41) is 3.36. The first-order valence-electron chi connectivity index (χ1n) is 7.64. The Balaban J connectivity index is 1.86. The van der Waals surface area contributed by atoms with E-state index in [2.05, 4.69) is 10.3 Å². The molecule has 2 aromatic rings. The normalized spacial score (nSPS) is 21.0. The molecule has 1 saturated heterocycles. The number of anilines is 1. The minimum Gasteiger partial charge on any atom is -0.356 e. The molecule has 2 amide bonds. The largest absolute Gasteiger partial charge is 0.356 e. The molecule has 0 saturated carbocycles. The fraction of sp³-hybridized carbons (Fsp3) is 0.353. The van der Waals surface area contributed by atoms with Crippen molar-refractivity contribution >= 4 is 28.3 Å². The zero-order valence-corrected chi connectivity index (χ0v) is 14.6. The van der Waals surface area contributed by atoms with Crippen LogP contribution in [0.3, 0.4) is 0 Å². The van der Waals surface area contributed by atoms with Gasteiger partial charge in [-0.25, -0.2) is 4.98 Å². The Hall–Kier alpha value is -2.25. The summed E-state index contributed by atoms with van der Waals surface area (Å²) in [6.45, 7) is 3.75. The van der Waals surface area contributed by atoms with Crippen molar-refractivity contribution < 1.29 is 14.3 Å². The molecule has 126 valence electrons. The van der Waals surface area contributed by atoms with Gasteiger partial charge >= 0.3 is 0 Å². The molecule has 24 heavy (non-hydrogen) atoms. The zero-order chi connectivity index (χ0) is 17.3. The number of aromatic nitrogens is 1. The highest BCUT2D eigenvalue weighted by Crippen LogP contribution is 2.30. The Bertz CT molecular complexity index is 740. The van der Waals surface area contributed by atoms with E-state index in [-0.39, 0.29) is 18.4 Å². The Morgan fingerprint density at radius 1 is 1.33 bits per heavy atom. The number of amides is 2.